The second kappa shape index (κ2) is 11.3. The Morgan fingerprint density at radius 1 is 1.14 bits per heavy atom. The first kappa shape index (κ1) is 21.7. The number of methoxy groups -OCH3 is 1. The van der Waals surface area contributed by atoms with Gasteiger partial charge in [0.05, 0.1) is 13.4 Å². The molecule has 8 nitrogen and oxygen atoms in total. The summed E-state index contributed by atoms with van der Waals surface area (Å²) in [6.45, 7) is 1.48. The summed E-state index contributed by atoms with van der Waals surface area (Å²) in [5, 5.41) is 13.7. The van der Waals surface area contributed by atoms with Crippen LogP contribution in [-0.2, 0) is 12.8 Å². The van der Waals surface area contributed by atoms with Gasteiger partial charge in [-0.15, -0.1) is 24.0 Å². The van der Waals surface area contributed by atoms with Crippen molar-refractivity contribution in [3.05, 3.63) is 54.0 Å². The first-order valence-electron chi connectivity index (χ1n) is 8.81. The van der Waals surface area contributed by atoms with Crippen molar-refractivity contribution < 1.29 is 9.15 Å². The highest BCUT2D eigenvalue weighted by atomic mass is 127. The second-order valence-electron chi connectivity index (χ2n) is 5.86. The molecule has 3 aromatic rings. The lowest BCUT2D eigenvalue weighted by atomic mass is 10.1. The highest BCUT2D eigenvalue weighted by Crippen LogP contribution is 2.14. The Hall–Kier alpha value is -2.56. The standard InChI is InChI=1S/C19H24N6O2.HI/c1-20-19(21-11-9-14-5-7-15(26-2)8-6-14)22-12-10-17-23-18(25-24-17)16-4-3-13-27-16;/h3-8,13H,9-12H2,1-2H3,(H2,20,21,22)(H,23,24,25);1H. The van der Waals surface area contributed by atoms with E-state index in [-0.39, 0.29) is 24.0 Å². The van der Waals surface area contributed by atoms with E-state index < -0.39 is 0 Å². The summed E-state index contributed by atoms with van der Waals surface area (Å²) < 4.78 is 10.5. The highest BCUT2D eigenvalue weighted by molar-refractivity contribution is 14.0. The second-order valence-corrected chi connectivity index (χ2v) is 5.86. The van der Waals surface area contributed by atoms with E-state index >= 15 is 0 Å². The molecule has 2 heterocycles. The first-order chi connectivity index (χ1) is 13.3. The van der Waals surface area contributed by atoms with Gasteiger partial charge in [-0.25, -0.2) is 4.98 Å². The number of rotatable bonds is 8. The Labute approximate surface area is 181 Å². The molecule has 0 radical (unpaired) electrons. The van der Waals surface area contributed by atoms with Gasteiger partial charge in [0.15, 0.2) is 11.7 Å². The topological polar surface area (TPSA) is 100 Å². The van der Waals surface area contributed by atoms with Gasteiger partial charge in [-0.2, -0.15) is 5.10 Å². The zero-order valence-electron chi connectivity index (χ0n) is 15.9. The number of halogens is 1. The summed E-state index contributed by atoms with van der Waals surface area (Å²) in [5.41, 5.74) is 1.24. The number of hydrogen-bond donors (Lipinski definition) is 3. The predicted octanol–water partition coefficient (Wildman–Crippen LogP) is 2.64. The van der Waals surface area contributed by atoms with Crippen molar-refractivity contribution in [2.45, 2.75) is 12.8 Å². The van der Waals surface area contributed by atoms with Crippen LogP contribution in [0, 0.1) is 0 Å². The minimum absolute atomic E-state index is 0. The molecule has 2 aromatic heterocycles. The van der Waals surface area contributed by atoms with Gasteiger partial charge < -0.3 is 19.8 Å². The Balaban J connectivity index is 0.00000280. The fraction of sp³-hybridized carbons (Fsp3) is 0.316. The maximum absolute atomic E-state index is 5.29. The minimum Gasteiger partial charge on any atom is -0.497 e. The molecule has 0 saturated carbocycles. The molecule has 3 N–H and O–H groups in total. The van der Waals surface area contributed by atoms with Crippen molar-refractivity contribution >= 4 is 29.9 Å². The normalized spacial score (nSPS) is 11.0. The van der Waals surface area contributed by atoms with E-state index in [9.17, 15) is 0 Å². The Kier molecular flexibility index (Phi) is 8.79. The maximum Gasteiger partial charge on any atom is 0.216 e. The lowest BCUT2D eigenvalue weighted by Gasteiger charge is -2.11. The first-order valence-corrected chi connectivity index (χ1v) is 8.81. The molecule has 9 heteroatoms. The molecule has 150 valence electrons. The van der Waals surface area contributed by atoms with Gasteiger partial charge in [0, 0.05) is 26.6 Å². The van der Waals surface area contributed by atoms with Gasteiger partial charge in [-0.05, 0) is 36.2 Å². The zero-order valence-corrected chi connectivity index (χ0v) is 18.3. The number of benzene rings is 1. The zero-order chi connectivity index (χ0) is 18.9. The largest absolute Gasteiger partial charge is 0.497 e. The van der Waals surface area contributed by atoms with Crippen LogP contribution in [0.5, 0.6) is 5.75 Å². The third kappa shape index (κ3) is 6.25. The van der Waals surface area contributed by atoms with Gasteiger partial charge in [0.2, 0.25) is 5.82 Å². The average molecular weight is 496 g/mol. The molecule has 0 amide bonds. The monoisotopic (exact) mass is 496 g/mol. The van der Waals surface area contributed by atoms with Crippen molar-refractivity contribution in [3.63, 3.8) is 0 Å². The maximum atomic E-state index is 5.29. The molecule has 0 aliphatic rings. The van der Waals surface area contributed by atoms with E-state index in [4.69, 9.17) is 9.15 Å². The number of hydrogen-bond acceptors (Lipinski definition) is 5. The Morgan fingerprint density at radius 3 is 2.54 bits per heavy atom. The predicted molar refractivity (Wildman–Crippen MR) is 119 cm³/mol. The van der Waals surface area contributed by atoms with Gasteiger partial charge >= 0.3 is 0 Å². The molecule has 0 spiro atoms. The van der Waals surface area contributed by atoms with Crippen LogP contribution in [0.15, 0.2) is 52.1 Å². The number of aromatic nitrogens is 3. The summed E-state index contributed by atoms with van der Waals surface area (Å²) >= 11 is 0. The fourth-order valence-corrected chi connectivity index (χ4v) is 2.56. The third-order valence-electron chi connectivity index (χ3n) is 4.02. The molecule has 1 aromatic carbocycles. The van der Waals surface area contributed by atoms with Crippen molar-refractivity contribution in [2.24, 2.45) is 4.99 Å². The smallest absolute Gasteiger partial charge is 0.216 e. The quantitative estimate of drug-likeness (QED) is 0.252. The molecule has 0 atom stereocenters. The van der Waals surface area contributed by atoms with Crippen molar-refractivity contribution in [3.8, 4) is 17.3 Å². The van der Waals surface area contributed by atoms with E-state index in [1.807, 2.05) is 24.3 Å². The number of guanidine groups is 1. The Bertz CT molecular complexity index is 846. The molecule has 0 bridgehead atoms. The van der Waals surface area contributed by atoms with Crippen LogP contribution in [0.2, 0.25) is 0 Å². The van der Waals surface area contributed by atoms with Crippen molar-refractivity contribution in [1.82, 2.24) is 25.8 Å². The van der Waals surface area contributed by atoms with E-state index in [0.29, 0.717) is 24.6 Å². The molecule has 0 aliphatic heterocycles. The van der Waals surface area contributed by atoms with E-state index in [0.717, 1.165) is 30.5 Å². The van der Waals surface area contributed by atoms with Crippen molar-refractivity contribution in [2.75, 3.05) is 27.2 Å². The van der Waals surface area contributed by atoms with E-state index in [1.165, 1.54) is 5.56 Å². The van der Waals surface area contributed by atoms with E-state index in [1.54, 1.807) is 20.4 Å². The van der Waals surface area contributed by atoms with E-state index in [2.05, 4.69) is 42.9 Å². The SMILES string of the molecule is CN=C(NCCc1ccc(OC)cc1)NCCc1nc(-c2ccco2)n[nH]1.I. The van der Waals surface area contributed by atoms with Crippen LogP contribution in [0.4, 0.5) is 0 Å². The van der Waals surface area contributed by atoms with Gasteiger partial charge in [0.25, 0.3) is 0 Å². The third-order valence-corrected chi connectivity index (χ3v) is 4.02. The summed E-state index contributed by atoms with van der Waals surface area (Å²) in [5.74, 6) is 3.64. The number of aromatic amines is 1. The Morgan fingerprint density at radius 2 is 1.89 bits per heavy atom. The number of ether oxygens (including phenoxy) is 1. The number of nitrogens with one attached hydrogen (secondary N) is 3. The number of furan rings is 1. The fourth-order valence-electron chi connectivity index (χ4n) is 2.56. The molecule has 3 rings (SSSR count). The highest BCUT2D eigenvalue weighted by Gasteiger charge is 2.08. The van der Waals surface area contributed by atoms with Gasteiger partial charge in [0.1, 0.15) is 11.6 Å². The summed E-state index contributed by atoms with van der Waals surface area (Å²) in [4.78, 5) is 8.66. The van der Waals surface area contributed by atoms with Crippen LogP contribution < -0.4 is 15.4 Å². The number of H-pyrrole nitrogens is 1. The minimum atomic E-state index is 0. The van der Waals surface area contributed by atoms with Gasteiger partial charge in [-0.3, -0.25) is 10.1 Å². The van der Waals surface area contributed by atoms with Gasteiger partial charge in [-0.1, -0.05) is 12.1 Å². The lowest BCUT2D eigenvalue weighted by Crippen LogP contribution is -2.39. The lowest BCUT2D eigenvalue weighted by molar-refractivity contribution is 0.414. The molecule has 0 aliphatic carbocycles. The van der Waals surface area contributed by atoms with Crippen LogP contribution in [-0.4, -0.2) is 48.4 Å². The van der Waals surface area contributed by atoms with Crippen molar-refractivity contribution in [1.29, 1.82) is 0 Å². The molecule has 0 unspecified atom stereocenters. The van der Waals surface area contributed by atoms with Crippen LogP contribution in [0.25, 0.3) is 11.6 Å². The van der Waals surface area contributed by atoms with Crippen LogP contribution in [0.1, 0.15) is 11.4 Å². The summed E-state index contributed by atoms with van der Waals surface area (Å²) in [6.07, 6.45) is 3.21. The molecule has 0 fully saturated rings. The van der Waals surface area contributed by atoms with Crippen LogP contribution >= 0.6 is 24.0 Å². The molecular weight excluding hydrogens is 471 g/mol. The molecular formula is C19H25IN6O2. The molecule has 28 heavy (non-hydrogen) atoms. The number of nitrogens with zero attached hydrogens (tertiary/aromatic N) is 3. The number of aliphatic imine (C=N–C) groups is 1. The summed E-state index contributed by atoms with van der Waals surface area (Å²) in [7, 11) is 3.43. The average Bonchev–Trinajstić information content (AvgIpc) is 3.39. The molecule has 0 saturated heterocycles. The summed E-state index contributed by atoms with van der Waals surface area (Å²) in [6, 6.07) is 11.7. The van der Waals surface area contributed by atoms with Crippen LogP contribution in [0.3, 0.4) is 0 Å².